The number of hydrogen-bond donors (Lipinski definition) is 2. The van der Waals surface area contributed by atoms with Gasteiger partial charge in [0.1, 0.15) is 29.5 Å². The van der Waals surface area contributed by atoms with E-state index in [9.17, 15) is 27.6 Å². The molecule has 4 heterocycles. The zero-order chi connectivity index (χ0) is 37.7. The standard InChI is InChI=1S/C40H51N5O8S/c1-39(18-19-39)54(50,51)44-38(49)40-23-27(40)14-8-4-2-3-6-13-26-21-34(46)53-33-20-25(33)12-7-5-9-17-31-36(42-30-16-11-10-15-29(30)41-31)52-28-22-32(35(47)43-40)45(24-28)37(26)48/h8,10-11,14-16,25-28,32-33H,2-7,9,12-13,17-24H2,1H3,(H,43,47)(H,44,49)/b14-8-/t25-,26-,27-,28-,32+,33-,40-/m1/s1. The van der Waals surface area contributed by atoms with Gasteiger partial charge in [0.25, 0.3) is 5.91 Å². The highest BCUT2D eigenvalue weighted by Crippen LogP contribution is 2.48. The Bertz CT molecular complexity index is 1970. The second-order valence-corrected chi connectivity index (χ2v) is 18.9. The van der Waals surface area contributed by atoms with E-state index in [1.807, 2.05) is 36.4 Å². The molecule has 4 fully saturated rings. The Morgan fingerprint density at radius 1 is 0.963 bits per heavy atom. The summed E-state index contributed by atoms with van der Waals surface area (Å²) in [6.45, 7) is 1.67. The van der Waals surface area contributed by atoms with Crippen LogP contribution in [0, 0.1) is 17.8 Å². The van der Waals surface area contributed by atoms with E-state index in [0.717, 1.165) is 69.0 Å². The van der Waals surface area contributed by atoms with Crippen LogP contribution in [0.1, 0.15) is 109 Å². The van der Waals surface area contributed by atoms with Crippen molar-refractivity contribution in [3.05, 3.63) is 42.1 Å². The summed E-state index contributed by atoms with van der Waals surface area (Å²) >= 11 is 0. The topological polar surface area (TPSA) is 174 Å². The molecule has 6 aliphatic rings. The summed E-state index contributed by atoms with van der Waals surface area (Å²) in [5.74, 6) is -2.46. The van der Waals surface area contributed by atoms with Gasteiger partial charge in [0, 0.05) is 18.3 Å². The van der Waals surface area contributed by atoms with Gasteiger partial charge in [-0.05, 0) is 89.2 Å². The van der Waals surface area contributed by atoms with Crippen LogP contribution < -0.4 is 14.8 Å². The predicted molar refractivity (Wildman–Crippen MR) is 198 cm³/mol. The number of ether oxygens (including phenoxy) is 2. The molecule has 1 saturated heterocycles. The van der Waals surface area contributed by atoms with Gasteiger partial charge in [-0.2, -0.15) is 0 Å². The number of benzene rings is 1. The summed E-state index contributed by atoms with van der Waals surface area (Å²) in [6, 6.07) is 6.56. The average Bonchev–Trinajstić information content (AvgIpc) is 4.10. The van der Waals surface area contributed by atoms with Crippen molar-refractivity contribution in [1.82, 2.24) is 24.9 Å². The molecule has 3 aliphatic heterocycles. The van der Waals surface area contributed by atoms with E-state index in [4.69, 9.17) is 19.4 Å². The number of aryl methyl sites for hydroxylation is 1. The number of hydrogen-bond acceptors (Lipinski definition) is 10. The average molecular weight is 762 g/mol. The van der Waals surface area contributed by atoms with E-state index in [2.05, 4.69) is 10.0 Å². The smallest absolute Gasteiger partial charge is 0.306 e. The largest absolute Gasteiger partial charge is 0.471 e. The number of aromatic nitrogens is 2. The summed E-state index contributed by atoms with van der Waals surface area (Å²) in [5, 5.41) is 2.94. The van der Waals surface area contributed by atoms with Crippen molar-refractivity contribution >= 4 is 44.7 Å². The van der Waals surface area contributed by atoms with Gasteiger partial charge in [-0.25, -0.2) is 18.4 Å². The molecule has 54 heavy (non-hydrogen) atoms. The van der Waals surface area contributed by atoms with Crippen molar-refractivity contribution in [3.63, 3.8) is 0 Å². The highest BCUT2D eigenvalue weighted by atomic mass is 32.2. The van der Waals surface area contributed by atoms with Gasteiger partial charge >= 0.3 is 5.97 Å². The van der Waals surface area contributed by atoms with Gasteiger partial charge in [0.2, 0.25) is 27.7 Å². The predicted octanol–water partition coefficient (Wildman–Crippen LogP) is 4.43. The Kier molecular flexibility index (Phi) is 9.93. The highest BCUT2D eigenvalue weighted by Gasteiger charge is 2.63. The minimum absolute atomic E-state index is 0.0658. The summed E-state index contributed by atoms with van der Waals surface area (Å²) in [5.41, 5.74) is 0.678. The Balaban J connectivity index is 1.12. The molecule has 290 valence electrons. The first-order valence-electron chi connectivity index (χ1n) is 19.9. The lowest BCUT2D eigenvalue weighted by molar-refractivity contribution is -0.151. The molecule has 8 rings (SSSR count). The molecule has 2 N–H and O–H groups in total. The van der Waals surface area contributed by atoms with Crippen LogP contribution in [0.15, 0.2) is 36.4 Å². The first-order chi connectivity index (χ1) is 25.9. The molecule has 3 bridgehead atoms. The molecule has 14 heteroatoms. The number of amides is 3. The zero-order valence-corrected chi connectivity index (χ0v) is 31.8. The van der Waals surface area contributed by atoms with Gasteiger partial charge in [0.05, 0.1) is 28.7 Å². The molecule has 1 aromatic carbocycles. The number of allylic oxidation sites excluding steroid dienone is 1. The van der Waals surface area contributed by atoms with Gasteiger partial charge in [-0.1, -0.05) is 50.0 Å². The van der Waals surface area contributed by atoms with E-state index < -0.39 is 62.1 Å². The Hall–Kier alpha value is -4.07. The number of esters is 1. The lowest BCUT2D eigenvalue weighted by atomic mass is 9.95. The molecule has 7 atom stereocenters. The van der Waals surface area contributed by atoms with E-state index >= 15 is 0 Å². The normalized spacial score (nSPS) is 33.5. The van der Waals surface area contributed by atoms with Crippen molar-refractivity contribution < 1.29 is 37.1 Å². The molecule has 1 aromatic heterocycles. The first-order valence-corrected chi connectivity index (χ1v) is 21.4. The minimum atomic E-state index is -3.97. The van der Waals surface area contributed by atoms with E-state index in [1.165, 1.54) is 4.90 Å². The van der Waals surface area contributed by atoms with Crippen LogP contribution >= 0.6 is 0 Å². The fourth-order valence-corrected chi connectivity index (χ4v) is 9.79. The molecule has 2 aromatic rings. The number of sulfonamides is 1. The minimum Gasteiger partial charge on any atom is -0.471 e. The Morgan fingerprint density at radius 3 is 2.52 bits per heavy atom. The summed E-state index contributed by atoms with van der Waals surface area (Å²) in [6.07, 6.45) is 13.2. The SMILES string of the molecule is CC1(S(=O)(=O)NC(=O)[C@@]23C[C@H]2/C=C\CCCCC[C@@H]2CC(=O)O[C@@H]4C[C@H]4CCCCCc4nc5ccccc5nc4O[C@@H]4C[C@@H](C(=O)N3)N(C4)C2=O)CC1. The van der Waals surface area contributed by atoms with Gasteiger partial charge in [0.15, 0.2) is 0 Å². The molecule has 3 aliphatic carbocycles. The maximum absolute atomic E-state index is 14.6. The van der Waals surface area contributed by atoms with Crippen LogP contribution in [-0.4, -0.2) is 82.1 Å². The maximum Gasteiger partial charge on any atom is 0.306 e. The maximum atomic E-state index is 14.6. The van der Waals surface area contributed by atoms with Crippen LogP contribution in [0.2, 0.25) is 0 Å². The fourth-order valence-electron chi connectivity index (χ4n) is 8.48. The number of carbonyl (C=O) groups is 4. The van der Waals surface area contributed by atoms with Crippen LogP contribution in [0.4, 0.5) is 0 Å². The molecule has 3 amide bonds. The lowest BCUT2D eigenvalue weighted by Gasteiger charge is -2.29. The molecule has 13 nitrogen and oxygen atoms in total. The van der Waals surface area contributed by atoms with Crippen LogP contribution in [-0.2, 0) is 40.4 Å². The van der Waals surface area contributed by atoms with E-state index in [-0.39, 0.29) is 37.8 Å². The molecule has 3 saturated carbocycles. The van der Waals surface area contributed by atoms with Gasteiger partial charge in [-0.15, -0.1) is 0 Å². The molecule has 0 radical (unpaired) electrons. The van der Waals surface area contributed by atoms with Crippen molar-refractivity contribution in [3.8, 4) is 5.88 Å². The monoisotopic (exact) mass is 761 g/mol. The zero-order valence-electron chi connectivity index (χ0n) is 31.0. The molecular formula is C40H51N5O8S. The van der Waals surface area contributed by atoms with E-state index in [1.54, 1.807) is 6.92 Å². The van der Waals surface area contributed by atoms with Crippen LogP contribution in [0.3, 0.4) is 0 Å². The number of nitrogens with one attached hydrogen (secondary N) is 2. The number of nitrogens with zero attached hydrogens (tertiary/aromatic N) is 3. The Morgan fingerprint density at radius 2 is 1.72 bits per heavy atom. The third kappa shape index (κ3) is 7.59. The third-order valence-corrected chi connectivity index (χ3v) is 14.7. The van der Waals surface area contributed by atoms with E-state index in [0.29, 0.717) is 43.0 Å². The Labute approximate surface area is 316 Å². The molecular weight excluding hydrogens is 711 g/mol. The fraction of sp³-hybridized carbons (Fsp3) is 0.650. The van der Waals surface area contributed by atoms with Crippen molar-refractivity contribution in [2.75, 3.05) is 6.54 Å². The quantitative estimate of drug-likeness (QED) is 0.337. The number of para-hydroxylation sites is 2. The summed E-state index contributed by atoms with van der Waals surface area (Å²) in [4.78, 5) is 67.6. The third-order valence-electron chi connectivity index (χ3n) is 12.5. The van der Waals surface area contributed by atoms with Crippen LogP contribution in [0.25, 0.3) is 11.0 Å². The number of rotatable bonds is 3. The van der Waals surface area contributed by atoms with Crippen LogP contribution in [0.5, 0.6) is 5.88 Å². The molecule has 0 unspecified atom stereocenters. The number of fused-ring (bicyclic) bond motifs is 6. The highest BCUT2D eigenvalue weighted by molar-refractivity contribution is 7.91. The van der Waals surface area contributed by atoms with Gasteiger partial charge < -0.3 is 19.7 Å². The molecule has 0 spiro atoms. The first kappa shape index (κ1) is 36.9. The van der Waals surface area contributed by atoms with Crippen molar-refractivity contribution in [2.45, 2.75) is 138 Å². The second-order valence-electron chi connectivity index (χ2n) is 16.7. The summed E-state index contributed by atoms with van der Waals surface area (Å²) < 4.78 is 40.1. The van der Waals surface area contributed by atoms with Gasteiger partial charge in [-0.3, -0.25) is 23.9 Å². The second kappa shape index (κ2) is 14.5. The summed E-state index contributed by atoms with van der Waals surface area (Å²) in [7, 11) is -3.97. The van der Waals surface area contributed by atoms with Crippen molar-refractivity contribution in [2.24, 2.45) is 17.8 Å². The van der Waals surface area contributed by atoms with Crippen molar-refractivity contribution in [1.29, 1.82) is 0 Å². The lowest BCUT2D eigenvalue weighted by Crippen LogP contribution is -2.57. The number of carbonyl (C=O) groups excluding carboxylic acids is 4.